The van der Waals surface area contributed by atoms with E-state index in [2.05, 4.69) is 29.7 Å². The van der Waals surface area contributed by atoms with Crippen LogP contribution in [0.3, 0.4) is 0 Å². The van der Waals surface area contributed by atoms with E-state index in [1.807, 2.05) is 6.07 Å². The van der Waals surface area contributed by atoms with E-state index in [1.54, 1.807) is 11.3 Å². The molecule has 2 fully saturated rings. The molecule has 2 saturated heterocycles. The number of hydrogen-bond donors (Lipinski definition) is 1. The summed E-state index contributed by atoms with van der Waals surface area (Å²) in [5.74, 6) is 0.736. The minimum atomic E-state index is 0.439. The van der Waals surface area contributed by atoms with Gasteiger partial charge in [-0.15, -0.1) is 11.3 Å². The smallest absolute Gasteiger partial charge is 0.0561 e. The van der Waals surface area contributed by atoms with E-state index in [-0.39, 0.29) is 0 Å². The summed E-state index contributed by atoms with van der Waals surface area (Å²) in [5, 5.41) is 6.54. The summed E-state index contributed by atoms with van der Waals surface area (Å²) in [6, 6.07) is 4.05. The van der Waals surface area contributed by atoms with Crippen LogP contribution >= 0.6 is 22.9 Å². The first-order chi connectivity index (χ1) is 8.70. The monoisotopic (exact) mass is 284 g/mol. The van der Waals surface area contributed by atoms with Gasteiger partial charge in [0.2, 0.25) is 0 Å². The van der Waals surface area contributed by atoms with Gasteiger partial charge in [-0.25, -0.2) is 0 Å². The summed E-state index contributed by atoms with van der Waals surface area (Å²) in [7, 11) is 4.37. The predicted molar refractivity (Wildman–Crippen MR) is 78.4 cm³/mol. The van der Waals surface area contributed by atoms with Crippen LogP contribution in [0.15, 0.2) is 11.4 Å². The molecule has 1 aromatic heterocycles. The third-order valence-electron chi connectivity index (χ3n) is 4.84. The Hall–Kier alpha value is -0.0900. The van der Waals surface area contributed by atoms with Gasteiger partial charge in [0.05, 0.1) is 5.02 Å². The molecule has 2 nitrogen and oxygen atoms in total. The lowest BCUT2D eigenvalue weighted by molar-refractivity contribution is 0.115. The first kappa shape index (κ1) is 12.9. The average Bonchev–Trinajstić information content (AvgIpc) is 2.84. The van der Waals surface area contributed by atoms with Crippen molar-refractivity contribution in [2.75, 3.05) is 14.1 Å². The highest BCUT2D eigenvalue weighted by atomic mass is 35.5. The van der Waals surface area contributed by atoms with Crippen LogP contribution in [0.25, 0.3) is 0 Å². The maximum atomic E-state index is 6.31. The highest BCUT2D eigenvalue weighted by molar-refractivity contribution is 7.10. The van der Waals surface area contributed by atoms with E-state index in [4.69, 9.17) is 11.6 Å². The molecule has 0 aliphatic carbocycles. The lowest BCUT2D eigenvalue weighted by atomic mass is 9.84. The van der Waals surface area contributed by atoms with Crippen LogP contribution in [-0.2, 0) is 0 Å². The topological polar surface area (TPSA) is 15.3 Å². The van der Waals surface area contributed by atoms with Gasteiger partial charge in [-0.1, -0.05) is 11.6 Å². The number of fused-ring (bicyclic) bond motifs is 2. The fourth-order valence-corrected chi connectivity index (χ4v) is 5.21. The van der Waals surface area contributed by atoms with Crippen LogP contribution in [0.1, 0.15) is 36.6 Å². The Balaban J connectivity index is 1.80. The molecule has 0 saturated carbocycles. The lowest BCUT2D eigenvalue weighted by Gasteiger charge is -2.39. The maximum Gasteiger partial charge on any atom is 0.0561 e. The Labute approximate surface area is 118 Å². The molecule has 3 atom stereocenters. The minimum Gasteiger partial charge on any atom is -0.312 e. The normalized spacial score (nSPS) is 33.8. The standard InChI is InChI=1S/C14H21ClN2S/c1-16-13(14-12(15)5-6-18-14)9-7-10-3-4-11(8-9)17(10)2/h5-6,9-11,13,16H,3-4,7-8H2,1-2H3. The van der Waals surface area contributed by atoms with Crippen molar-refractivity contribution in [3.63, 3.8) is 0 Å². The highest BCUT2D eigenvalue weighted by Gasteiger charge is 2.41. The van der Waals surface area contributed by atoms with E-state index >= 15 is 0 Å². The van der Waals surface area contributed by atoms with Gasteiger partial charge in [-0.2, -0.15) is 0 Å². The van der Waals surface area contributed by atoms with Crippen molar-refractivity contribution in [1.82, 2.24) is 10.2 Å². The molecule has 0 radical (unpaired) electrons. The van der Waals surface area contributed by atoms with Gasteiger partial charge in [0, 0.05) is 23.0 Å². The quantitative estimate of drug-likeness (QED) is 0.913. The Bertz CT molecular complexity index is 406. The zero-order valence-electron chi connectivity index (χ0n) is 11.0. The molecular weight excluding hydrogens is 264 g/mol. The molecule has 1 aromatic rings. The third kappa shape index (κ3) is 2.11. The van der Waals surface area contributed by atoms with Gasteiger partial charge in [0.25, 0.3) is 0 Å². The second-order valence-corrected chi connectivity index (χ2v) is 7.04. The fourth-order valence-electron chi connectivity index (χ4n) is 3.83. The first-order valence-corrected chi connectivity index (χ1v) is 8.08. The van der Waals surface area contributed by atoms with E-state index in [0.717, 1.165) is 23.0 Å². The number of halogens is 1. The van der Waals surface area contributed by atoms with Crippen molar-refractivity contribution < 1.29 is 0 Å². The molecule has 2 bridgehead atoms. The highest BCUT2D eigenvalue weighted by Crippen LogP contribution is 2.44. The summed E-state index contributed by atoms with van der Waals surface area (Å²) < 4.78 is 0. The number of rotatable bonds is 3. The maximum absolute atomic E-state index is 6.31. The molecule has 0 aromatic carbocycles. The zero-order valence-corrected chi connectivity index (χ0v) is 12.6. The summed E-state index contributed by atoms with van der Waals surface area (Å²) in [6.45, 7) is 0. The molecule has 3 rings (SSSR count). The second-order valence-electron chi connectivity index (χ2n) is 5.68. The van der Waals surface area contributed by atoms with Crippen LogP contribution < -0.4 is 5.32 Å². The molecule has 4 heteroatoms. The Morgan fingerprint density at radius 2 is 2.06 bits per heavy atom. The lowest BCUT2D eigenvalue weighted by Crippen LogP contribution is -2.43. The molecule has 2 aliphatic rings. The van der Waals surface area contributed by atoms with Gasteiger partial charge in [-0.05, 0) is 57.1 Å². The number of nitrogens with one attached hydrogen (secondary N) is 1. The summed E-state index contributed by atoms with van der Waals surface area (Å²) in [6.07, 6.45) is 5.39. The van der Waals surface area contributed by atoms with Gasteiger partial charge in [0.1, 0.15) is 0 Å². The molecule has 100 valence electrons. The molecular formula is C14H21ClN2S. The van der Waals surface area contributed by atoms with Gasteiger partial charge in [0.15, 0.2) is 0 Å². The molecule has 18 heavy (non-hydrogen) atoms. The van der Waals surface area contributed by atoms with Crippen LogP contribution in [0.4, 0.5) is 0 Å². The third-order valence-corrected chi connectivity index (χ3v) is 6.29. The van der Waals surface area contributed by atoms with E-state index < -0.39 is 0 Å². The van der Waals surface area contributed by atoms with Gasteiger partial charge < -0.3 is 10.2 Å². The molecule has 0 amide bonds. The number of hydrogen-bond acceptors (Lipinski definition) is 3. The van der Waals surface area contributed by atoms with E-state index in [9.17, 15) is 0 Å². The SMILES string of the molecule is CNC(c1sccc1Cl)C1CC2CCC(C1)N2C. The Morgan fingerprint density at radius 3 is 2.56 bits per heavy atom. The van der Waals surface area contributed by atoms with Crippen molar-refractivity contribution in [2.45, 2.75) is 43.8 Å². The number of nitrogens with zero attached hydrogens (tertiary/aromatic N) is 1. The van der Waals surface area contributed by atoms with Crippen molar-refractivity contribution >= 4 is 22.9 Å². The predicted octanol–water partition coefficient (Wildman–Crippen LogP) is 3.53. The zero-order chi connectivity index (χ0) is 12.7. The van der Waals surface area contributed by atoms with Crippen LogP contribution in [-0.4, -0.2) is 31.1 Å². The number of thiophene rings is 1. The van der Waals surface area contributed by atoms with Gasteiger partial charge >= 0.3 is 0 Å². The average molecular weight is 285 g/mol. The summed E-state index contributed by atoms with van der Waals surface area (Å²) in [5.41, 5.74) is 0. The van der Waals surface area contributed by atoms with Gasteiger partial charge in [-0.3, -0.25) is 0 Å². The van der Waals surface area contributed by atoms with Crippen LogP contribution in [0.2, 0.25) is 5.02 Å². The van der Waals surface area contributed by atoms with Crippen LogP contribution in [0.5, 0.6) is 0 Å². The van der Waals surface area contributed by atoms with Crippen molar-refractivity contribution in [3.05, 3.63) is 21.3 Å². The minimum absolute atomic E-state index is 0.439. The Morgan fingerprint density at radius 1 is 1.39 bits per heavy atom. The van der Waals surface area contributed by atoms with Crippen LogP contribution in [0, 0.1) is 5.92 Å². The first-order valence-electron chi connectivity index (χ1n) is 6.82. The van der Waals surface area contributed by atoms with Crippen molar-refractivity contribution in [2.24, 2.45) is 5.92 Å². The molecule has 3 unspecified atom stereocenters. The molecule has 0 spiro atoms. The largest absolute Gasteiger partial charge is 0.312 e. The van der Waals surface area contributed by atoms with Crippen molar-refractivity contribution in [3.8, 4) is 0 Å². The molecule has 3 heterocycles. The fraction of sp³-hybridized carbons (Fsp3) is 0.714. The molecule has 2 aliphatic heterocycles. The van der Waals surface area contributed by atoms with E-state index in [1.165, 1.54) is 30.6 Å². The summed E-state index contributed by atoms with van der Waals surface area (Å²) in [4.78, 5) is 3.92. The summed E-state index contributed by atoms with van der Waals surface area (Å²) >= 11 is 8.10. The Kier molecular flexibility index (Phi) is 3.68. The molecule has 1 N–H and O–H groups in total. The second kappa shape index (κ2) is 5.12. The number of piperidine rings is 1. The van der Waals surface area contributed by atoms with E-state index in [0.29, 0.717) is 6.04 Å². The van der Waals surface area contributed by atoms with Crippen molar-refractivity contribution in [1.29, 1.82) is 0 Å².